The number of amides is 1. The summed E-state index contributed by atoms with van der Waals surface area (Å²) in [5.74, 6) is 0.727. The molecule has 3 aromatic rings. The number of benzene rings is 2. The summed E-state index contributed by atoms with van der Waals surface area (Å²) in [5, 5.41) is 6.49. The minimum absolute atomic E-state index is 0.0772. The molecule has 0 radical (unpaired) electrons. The van der Waals surface area contributed by atoms with Gasteiger partial charge in [0.05, 0.1) is 5.69 Å². The van der Waals surface area contributed by atoms with Crippen molar-refractivity contribution in [1.82, 2.24) is 5.16 Å². The molecule has 0 saturated carbocycles. The first-order valence-electron chi connectivity index (χ1n) is 7.90. The minimum atomic E-state index is -0.489. The van der Waals surface area contributed by atoms with Crippen molar-refractivity contribution in [3.63, 3.8) is 0 Å². The quantitative estimate of drug-likeness (QED) is 0.724. The zero-order chi connectivity index (χ0) is 18.1. The maximum atomic E-state index is 12.5. The molecule has 7 heteroatoms. The molecule has 0 atom stereocenters. The average molecular weight is 350 g/mol. The fourth-order valence-corrected chi connectivity index (χ4v) is 2.64. The zero-order valence-electron chi connectivity index (χ0n) is 13.8. The molecule has 0 unspecified atom stereocenters. The van der Waals surface area contributed by atoms with E-state index < -0.39 is 5.91 Å². The summed E-state index contributed by atoms with van der Waals surface area (Å²) in [5.41, 5.74) is 1.58. The Balaban J connectivity index is 1.61. The van der Waals surface area contributed by atoms with Gasteiger partial charge in [-0.2, -0.15) is 0 Å². The van der Waals surface area contributed by atoms with Gasteiger partial charge in [0.15, 0.2) is 28.7 Å². The number of fused-ring (bicyclic) bond motifs is 1. The number of nitrogens with zero attached hydrogens (tertiary/aromatic N) is 1. The molecule has 0 aliphatic carbocycles. The van der Waals surface area contributed by atoms with Crippen LogP contribution in [-0.4, -0.2) is 23.6 Å². The molecule has 2 heterocycles. The fraction of sp³-hybridized carbons (Fsp3) is 0.105. The second-order valence-corrected chi connectivity index (χ2v) is 5.70. The first kappa shape index (κ1) is 15.9. The van der Waals surface area contributed by atoms with Gasteiger partial charge in [-0.25, -0.2) is 0 Å². The average Bonchev–Trinajstić information content (AvgIpc) is 3.31. The molecule has 1 aliphatic rings. The number of hydrogen-bond acceptors (Lipinski definition) is 6. The molecule has 4 rings (SSSR count). The highest BCUT2D eigenvalue weighted by molar-refractivity contribution is 6.09. The lowest BCUT2D eigenvalue weighted by Gasteiger charge is -2.09. The van der Waals surface area contributed by atoms with E-state index in [2.05, 4.69) is 10.5 Å². The van der Waals surface area contributed by atoms with Gasteiger partial charge in [-0.3, -0.25) is 9.59 Å². The number of nitrogens with one attached hydrogen (secondary N) is 1. The van der Waals surface area contributed by atoms with Crippen molar-refractivity contribution in [2.24, 2.45) is 0 Å². The fourth-order valence-electron chi connectivity index (χ4n) is 2.64. The monoisotopic (exact) mass is 350 g/mol. The first-order chi connectivity index (χ1) is 12.6. The van der Waals surface area contributed by atoms with Crippen molar-refractivity contribution in [2.75, 3.05) is 12.1 Å². The SMILES string of the molecule is CC(=O)c1cc2c(cc1NC(=O)c1cc(-c3ccccc3)on1)OCO2. The highest BCUT2D eigenvalue weighted by Crippen LogP contribution is 2.37. The van der Waals surface area contributed by atoms with Crippen LogP contribution in [0.4, 0.5) is 5.69 Å². The van der Waals surface area contributed by atoms with E-state index in [0.717, 1.165) is 5.56 Å². The topological polar surface area (TPSA) is 90.7 Å². The van der Waals surface area contributed by atoms with Crippen LogP contribution in [0.2, 0.25) is 0 Å². The third-order valence-electron chi connectivity index (χ3n) is 3.94. The van der Waals surface area contributed by atoms with Gasteiger partial charge < -0.3 is 19.3 Å². The molecular formula is C19H14N2O5. The maximum absolute atomic E-state index is 12.5. The van der Waals surface area contributed by atoms with E-state index in [0.29, 0.717) is 28.5 Å². The summed E-state index contributed by atoms with van der Waals surface area (Å²) < 4.78 is 15.8. The van der Waals surface area contributed by atoms with Gasteiger partial charge in [0.2, 0.25) is 6.79 Å². The Morgan fingerprint density at radius 2 is 1.77 bits per heavy atom. The Morgan fingerprint density at radius 1 is 1.04 bits per heavy atom. The Morgan fingerprint density at radius 3 is 2.50 bits per heavy atom. The van der Waals surface area contributed by atoms with Gasteiger partial charge in [-0.05, 0) is 13.0 Å². The summed E-state index contributed by atoms with van der Waals surface area (Å²) >= 11 is 0. The van der Waals surface area contributed by atoms with Crippen LogP contribution in [0.15, 0.2) is 53.1 Å². The number of hydrogen-bond donors (Lipinski definition) is 1. The number of anilines is 1. The van der Waals surface area contributed by atoms with Crippen LogP contribution in [0.25, 0.3) is 11.3 Å². The lowest BCUT2D eigenvalue weighted by molar-refractivity contribution is 0.101. The molecule has 1 aliphatic heterocycles. The van der Waals surface area contributed by atoms with Crippen molar-refractivity contribution >= 4 is 17.4 Å². The number of ether oxygens (including phenoxy) is 2. The van der Waals surface area contributed by atoms with Gasteiger partial charge in [-0.1, -0.05) is 35.5 Å². The van der Waals surface area contributed by atoms with Crippen molar-refractivity contribution in [2.45, 2.75) is 6.92 Å². The lowest BCUT2D eigenvalue weighted by Crippen LogP contribution is -2.14. The number of Topliss-reactive ketones (excluding diaryl/α,β-unsaturated/α-hetero) is 1. The third-order valence-corrected chi connectivity index (χ3v) is 3.94. The standard InChI is InChI=1S/C19H14N2O5/c1-11(22)13-7-17-18(25-10-24-17)8-14(13)20-19(23)15-9-16(26-21-15)12-5-3-2-4-6-12/h2-9H,10H2,1H3,(H,20,23). The van der Waals surface area contributed by atoms with E-state index >= 15 is 0 Å². The molecule has 0 spiro atoms. The van der Waals surface area contributed by atoms with E-state index in [1.54, 1.807) is 18.2 Å². The van der Waals surface area contributed by atoms with E-state index in [9.17, 15) is 9.59 Å². The lowest BCUT2D eigenvalue weighted by atomic mass is 10.1. The van der Waals surface area contributed by atoms with Gasteiger partial charge >= 0.3 is 0 Å². The highest BCUT2D eigenvalue weighted by Gasteiger charge is 2.22. The molecule has 1 aromatic heterocycles. The van der Waals surface area contributed by atoms with Crippen LogP contribution < -0.4 is 14.8 Å². The van der Waals surface area contributed by atoms with Crippen LogP contribution in [0.5, 0.6) is 11.5 Å². The predicted molar refractivity (Wildman–Crippen MR) is 92.5 cm³/mol. The molecule has 1 amide bonds. The molecule has 130 valence electrons. The minimum Gasteiger partial charge on any atom is -0.454 e. The summed E-state index contributed by atoms with van der Waals surface area (Å²) in [6, 6.07) is 14.0. The smallest absolute Gasteiger partial charge is 0.277 e. The predicted octanol–water partition coefficient (Wildman–Crippen LogP) is 3.53. The van der Waals surface area contributed by atoms with Crippen LogP contribution in [0.1, 0.15) is 27.8 Å². The van der Waals surface area contributed by atoms with Gasteiger partial charge in [-0.15, -0.1) is 0 Å². The first-order valence-corrected chi connectivity index (χ1v) is 7.90. The van der Waals surface area contributed by atoms with Crippen LogP contribution in [0, 0.1) is 0 Å². The number of aromatic nitrogens is 1. The van der Waals surface area contributed by atoms with Crippen molar-refractivity contribution < 1.29 is 23.6 Å². The van der Waals surface area contributed by atoms with Crippen LogP contribution in [0.3, 0.4) is 0 Å². The molecule has 1 N–H and O–H groups in total. The number of carbonyl (C=O) groups is 2. The molecule has 2 aromatic carbocycles. The van der Waals surface area contributed by atoms with Crippen molar-refractivity contribution in [1.29, 1.82) is 0 Å². The zero-order valence-corrected chi connectivity index (χ0v) is 13.8. The van der Waals surface area contributed by atoms with E-state index in [1.165, 1.54) is 6.92 Å². The maximum Gasteiger partial charge on any atom is 0.277 e. The van der Waals surface area contributed by atoms with Crippen LogP contribution >= 0.6 is 0 Å². The summed E-state index contributed by atoms with van der Waals surface area (Å²) in [4.78, 5) is 24.4. The molecular weight excluding hydrogens is 336 g/mol. The Labute approximate surface area is 148 Å². The molecule has 0 bridgehead atoms. The van der Waals surface area contributed by atoms with E-state index in [-0.39, 0.29) is 18.3 Å². The number of carbonyl (C=O) groups excluding carboxylic acids is 2. The summed E-state index contributed by atoms with van der Waals surface area (Å²) in [6.45, 7) is 1.49. The number of rotatable bonds is 4. The van der Waals surface area contributed by atoms with Gasteiger partial charge in [0, 0.05) is 23.3 Å². The Kier molecular flexibility index (Phi) is 3.89. The molecule has 0 saturated heterocycles. The third kappa shape index (κ3) is 2.90. The molecule has 26 heavy (non-hydrogen) atoms. The van der Waals surface area contributed by atoms with Gasteiger partial charge in [0.1, 0.15) is 0 Å². The van der Waals surface area contributed by atoms with Crippen LogP contribution in [-0.2, 0) is 0 Å². The van der Waals surface area contributed by atoms with E-state index in [4.69, 9.17) is 14.0 Å². The Hall–Kier alpha value is -3.61. The number of ketones is 1. The molecule has 7 nitrogen and oxygen atoms in total. The normalized spacial score (nSPS) is 12.0. The van der Waals surface area contributed by atoms with Gasteiger partial charge in [0.25, 0.3) is 5.91 Å². The summed E-state index contributed by atoms with van der Waals surface area (Å²) in [6.07, 6.45) is 0. The second-order valence-electron chi connectivity index (χ2n) is 5.70. The second kappa shape index (κ2) is 6.36. The van der Waals surface area contributed by atoms with Crippen molar-refractivity contribution in [3.8, 4) is 22.8 Å². The summed E-state index contributed by atoms with van der Waals surface area (Å²) in [7, 11) is 0. The van der Waals surface area contributed by atoms with E-state index in [1.807, 2.05) is 30.3 Å². The van der Waals surface area contributed by atoms with Crippen molar-refractivity contribution in [3.05, 3.63) is 59.8 Å². The largest absolute Gasteiger partial charge is 0.454 e. The highest BCUT2D eigenvalue weighted by atomic mass is 16.7. The molecule has 0 fully saturated rings. The Bertz CT molecular complexity index is 994.